The molecule has 1 fully saturated rings. The van der Waals surface area contributed by atoms with Gasteiger partial charge in [-0.25, -0.2) is 4.79 Å². The number of Topliss-reactive ketones (excluding diaryl/α,β-unsaturated/α-hetero) is 1. The van der Waals surface area contributed by atoms with E-state index in [4.69, 9.17) is 9.47 Å². The molecule has 1 aliphatic heterocycles. The molecule has 156 valence electrons. The highest BCUT2D eigenvalue weighted by atomic mass is 16.5. The maximum absolute atomic E-state index is 13.3. The molecule has 1 amide bonds. The average molecular weight is 393 g/mol. The summed E-state index contributed by atoms with van der Waals surface area (Å²) in [5.41, 5.74) is 2.11. The van der Waals surface area contributed by atoms with Gasteiger partial charge in [-0.1, -0.05) is 0 Å². The zero-order valence-corrected chi connectivity index (χ0v) is 17.7. The lowest BCUT2D eigenvalue weighted by molar-refractivity contribution is -0.130. The fourth-order valence-electron chi connectivity index (χ4n) is 3.77. The molecule has 1 saturated heterocycles. The first-order valence-corrected chi connectivity index (χ1v) is 9.56. The second kappa shape index (κ2) is 9.34. The highest BCUT2D eigenvalue weighted by molar-refractivity contribution is 6.06. The number of esters is 1. The Bertz CT molecular complexity index is 750. The first-order chi connectivity index (χ1) is 13.2. The number of ether oxygens (including phenoxy) is 2. The zero-order chi connectivity index (χ0) is 21.0. The fraction of sp³-hybridized carbons (Fsp3) is 0.650. The van der Waals surface area contributed by atoms with Crippen LogP contribution in [0.5, 0.6) is 0 Å². The van der Waals surface area contributed by atoms with Crippen LogP contribution in [-0.2, 0) is 21.3 Å². The smallest absolute Gasteiger partial charge is 0.354 e. The molecule has 8 heteroatoms. The SMILES string of the molecule is COC(=O)c1c(C)c(C(=O)C(C)N(CCN2CCOCC2)C(C)=O)c(C)n1C. The van der Waals surface area contributed by atoms with Crippen molar-refractivity contribution >= 4 is 17.7 Å². The molecular formula is C20H31N3O5. The molecule has 0 N–H and O–H groups in total. The molecule has 1 aliphatic rings. The van der Waals surface area contributed by atoms with Crippen molar-refractivity contribution in [2.45, 2.75) is 33.7 Å². The van der Waals surface area contributed by atoms with Crippen LogP contribution in [0.2, 0.25) is 0 Å². The largest absolute Gasteiger partial charge is 0.464 e. The summed E-state index contributed by atoms with van der Waals surface area (Å²) in [5.74, 6) is -0.794. The summed E-state index contributed by atoms with van der Waals surface area (Å²) < 4.78 is 11.9. The Morgan fingerprint density at radius 3 is 2.36 bits per heavy atom. The second-order valence-corrected chi connectivity index (χ2v) is 7.19. The Morgan fingerprint density at radius 1 is 1.21 bits per heavy atom. The molecule has 1 unspecified atom stereocenters. The Labute approximate surface area is 166 Å². The van der Waals surface area contributed by atoms with E-state index in [1.165, 1.54) is 14.0 Å². The number of methoxy groups -OCH3 is 1. The molecule has 2 heterocycles. The molecule has 8 nitrogen and oxygen atoms in total. The van der Waals surface area contributed by atoms with E-state index in [0.29, 0.717) is 48.8 Å². The van der Waals surface area contributed by atoms with Crippen molar-refractivity contribution in [3.63, 3.8) is 0 Å². The third-order valence-electron chi connectivity index (χ3n) is 5.57. The van der Waals surface area contributed by atoms with Gasteiger partial charge in [-0.3, -0.25) is 14.5 Å². The number of hydrogen-bond donors (Lipinski definition) is 0. The van der Waals surface area contributed by atoms with E-state index >= 15 is 0 Å². The quantitative estimate of drug-likeness (QED) is 0.511. The Morgan fingerprint density at radius 2 is 1.82 bits per heavy atom. The van der Waals surface area contributed by atoms with Crippen LogP contribution in [0, 0.1) is 13.8 Å². The van der Waals surface area contributed by atoms with Gasteiger partial charge >= 0.3 is 5.97 Å². The monoisotopic (exact) mass is 393 g/mol. The van der Waals surface area contributed by atoms with Gasteiger partial charge in [0.1, 0.15) is 5.69 Å². The first-order valence-electron chi connectivity index (χ1n) is 9.56. The molecule has 1 atom stereocenters. The average Bonchev–Trinajstić information content (AvgIpc) is 2.90. The van der Waals surface area contributed by atoms with Crippen molar-refractivity contribution in [2.24, 2.45) is 7.05 Å². The van der Waals surface area contributed by atoms with E-state index in [1.807, 2.05) is 0 Å². The van der Waals surface area contributed by atoms with Crippen LogP contribution in [0.3, 0.4) is 0 Å². The van der Waals surface area contributed by atoms with Gasteiger partial charge in [-0.15, -0.1) is 0 Å². The molecule has 0 saturated carbocycles. The summed E-state index contributed by atoms with van der Waals surface area (Å²) in [4.78, 5) is 41.4. The minimum absolute atomic E-state index is 0.145. The van der Waals surface area contributed by atoms with Crippen LogP contribution in [0.25, 0.3) is 0 Å². The van der Waals surface area contributed by atoms with Crippen molar-refractivity contribution < 1.29 is 23.9 Å². The fourth-order valence-corrected chi connectivity index (χ4v) is 3.77. The van der Waals surface area contributed by atoms with Crippen molar-refractivity contribution in [3.8, 4) is 0 Å². The third kappa shape index (κ3) is 4.44. The summed E-state index contributed by atoms with van der Waals surface area (Å²) in [6.45, 7) is 11.0. The maximum atomic E-state index is 13.3. The van der Waals surface area contributed by atoms with Crippen LogP contribution in [0.1, 0.15) is 46.0 Å². The molecule has 0 bridgehead atoms. The lowest BCUT2D eigenvalue weighted by Gasteiger charge is -2.32. The van der Waals surface area contributed by atoms with Gasteiger partial charge in [0.25, 0.3) is 0 Å². The van der Waals surface area contributed by atoms with Gasteiger partial charge in [0.2, 0.25) is 5.91 Å². The molecule has 0 spiro atoms. The number of rotatable bonds is 7. The Balaban J connectivity index is 2.23. The third-order valence-corrected chi connectivity index (χ3v) is 5.57. The summed E-state index contributed by atoms with van der Waals surface area (Å²) in [6.07, 6.45) is 0. The summed E-state index contributed by atoms with van der Waals surface area (Å²) in [5, 5.41) is 0. The molecule has 0 aromatic carbocycles. The summed E-state index contributed by atoms with van der Waals surface area (Å²) >= 11 is 0. The number of amides is 1. The number of carbonyl (C=O) groups excluding carboxylic acids is 3. The normalized spacial score (nSPS) is 15.9. The Hall–Kier alpha value is -2.19. The van der Waals surface area contributed by atoms with E-state index in [2.05, 4.69) is 4.90 Å². The molecular weight excluding hydrogens is 362 g/mol. The van der Waals surface area contributed by atoms with Gasteiger partial charge in [-0.2, -0.15) is 0 Å². The summed E-state index contributed by atoms with van der Waals surface area (Å²) in [7, 11) is 3.05. The minimum Gasteiger partial charge on any atom is -0.464 e. The highest BCUT2D eigenvalue weighted by Gasteiger charge is 2.31. The second-order valence-electron chi connectivity index (χ2n) is 7.19. The standard InChI is InChI=1S/C20H31N3O5/c1-13-17(14(2)21(5)18(13)20(26)27-6)19(25)15(3)23(16(4)24)8-7-22-9-11-28-12-10-22/h15H,7-12H2,1-6H3. The topological polar surface area (TPSA) is 81.1 Å². The zero-order valence-electron chi connectivity index (χ0n) is 17.7. The lowest BCUT2D eigenvalue weighted by atomic mass is 9.99. The van der Waals surface area contributed by atoms with E-state index in [-0.39, 0.29) is 11.7 Å². The molecule has 2 rings (SSSR count). The molecule has 1 aromatic heterocycles. The molecule has 0 aliphatic carbocycles. The minimum atomic E-state index is -0.621. The van der Waals surface area contributed by atoms with Gasteiger partial charge < -0.3 is 18.9 Å². The number of hydrogen-bond acceptors (Lipinski definition) is 6. The molecule has 0 radical (unpaired) electrons. The van der Waals surface area contributed by atoms with Crippen LogP contribution >= 0.6 is 0 Å². The van der Waals surface area contributed by atoms with Crippen molar-refractivity contribution in [1.29, 1.82) is 0 Å². The Kier molecular flexibility index (Phi) is 7.37. The summed E-state index contributed by atoms with van der Waals surface area (Å²) in [6, 6.07) is -0.621. The highest BCUT2D eigenvalue weighted by Crippen LogP contribution is 2.24. The van der Waals surface area contributed by atoms with Gasteiger partial charge in [0.15, 0.2) is 5.78 Å². The van der Waals surface area contributed by atoms with Crippen LogP contribution in [-0.4, -0.2) is 84.6 Å². The van der Waals surface area contributed by atoms with E-state index in [1.54, 1.807) is 37.3 Å². The molecule has 28 heavy (non-hydrogen) atoms. The predicted octanol–water partition coefficient (Wildman–Crippen LogP) is 1.18. The number of morpholine rings is 1. The van der Waals surface area contributed by atoms with Gasteiger partial charge in [0, 0.05) is 51.4 Å². The van der Waals surface area contributed by atoms with Crippen LogP contribution < -0.4 is 0 Å². The maximum Gasteiger partial charge on any atom is 0.354 e. The van der Waals surface area contributed by atoms with E-state index in [0.717, 1.165) is 13.1 Å². The van der Waals surface area contributed by atoms with Crippen LogP contribution in [0.4, 0.5) is 0 Å². The van der Waals surface area contributed by atoms with Crippen molar-refractivity contribution in [1.82, 2.24) is 14.4 Å². The number of carbonyl (C=O) groups is 3. The van der Waals surface area contributed by atoms with Crippen LogP contribution in [0.15, 0.2) is 0 Å². The van der Waals surface area contributed by atoms with Gasteiger partial charge in [0.05, 0.1) is 26.4 Å². The lowest BCUT2D eigenvalue weighted by Crippen LogP contribution is -2.48. The van der Waals surface area contributed by atoms with Crippen molar-refractivity contribution in [2.75, 3.05) is 46.5 Å². The van der Waals surface area contributed by atoms with Crippen molar-refractivity contribution in [3.05, 3.63) is 22.5 Å². The van der Waals surface area contributed by atoms with E-state index in [9.17, 15) is 14.4 Å². The molecule has 1 aromatic rings. The number of ketones is 1. The number of nitrogens with zero attached hydrogens (tertiary/aromatic N) is 3. The van der Waals surface area contributed by atoms with E-state index < -0.39 is 12.0 Å². The predicted molar refractivity (Wildman–Crippen MR) is 105 cm³/mol. The van der Waals surface area contributed by atoms with Gasteiger partial charge in [-0.05, 0) is 26.3 Å². The first kappa shape index (κ1) is 22.1. The number of aromatic nitrogens is 1.